The third kappa shape index (κ3) is 316. The van der Waals surface area contributed by atoms with E-state index in [4.69, 9.17) is 0 Å². The molecule has 0 aliphatic heterocycles. The average molecular weight is 537 g/mol. The molecule has 0 aromatic carbocycles. The number of carbonyl (C=O) groups excluding carboxylic acids is 1. The molecule has 0 heterocycles. The number of sulfone groups is 1. The highest BCUT2D eigenvalue weighted by atomic mass is 32.2. The molecule has 0 aliphatic carbocycles. The Hall–Kier alpha value is -0.130. The van der Waals surface area contributed by atoms with Crippen molar-refractivity contribution < 1.29 is 35.3 Å². The Labute approximate surface area is 204 Å². The highest BCUT2D eigenvalue weighted by molar-refractivity contribution is 7.97. The minimum atomic E-state index is -4.06. The summed E-state index contributed by atoms with van der Waals surface area (Å²) in [5, 5.41) is 0. The molecule has 0 saturated heterocycles. The Kier molecular flexibility index (Phi) is 41.6. The van der Waals surface area contributed by atoms with Gasteiger partial charge in [0.2, 0.25) is 0 Å². The summed E-state index contributed by atoms with van der Waals surface area (Å²) in [6, 6.07) is 0. The van der Waals surface area contributed by atoms with Crippen molar-refractivity contribution in [2.24, 2.45) is 10.8 Å². The van der Waals surface area contributed by atoms with Crippen LogP contribution in [0.3, 0.4) is 0 Å². The SMILES string of the molecule is CC(C)(C)C.CC(C)(C)C(F)(F)F.CC(C)=O.COC.CS(C)(=O)=O.CS(C)=O.CSC. The first-order valence-electron chi connectivity index (χ1n) is 9.29. The largest absolute Gasteiger partial charge is 0.393 e. The van der Waals surface area contributed by atoms with Gasteiger partial charge in [-0.2, -0.15) is 24.9 Å². The molecule has 0 spiro atoms. The van der Waals surface area contributed by atoms with Crippen LogP contribution in [0.15, 0.2) is 0 Å². The number of ketones is 1. The summed E-state index contributed by atoms with van der Waals surface area (Å²) in [7, 11) is -0.0278. The van der Waals surface area contributed by atoms with Crippen LogP contribution in [-0.2, 0) is 30.2 Å². The van der Waals surface area contributed by atoms with Crippen LogP contribution in [0.2, 0.25) is 0 Å². The lowest BCUT2D eigenvalue weighted by atomic mass is 9.96. The monoisotopic (exact) mass is 536 g/mol. The fraction of sp³-hybridized carbons (Fsp3) is 0.952. The summed E-state index contributed by atoms with van der Waals surface area (Å²) in [5.74, 6) is 0.167. The first-order valence-corrected chi connectivity index (χ1v) is 15.2. The van der Waals surface area contributed by atoms with Crippen molar-refractivity contribution >= 4 is 38.2 Å². The van der Waals surface area contributed by atoms with E-state index in [-0.39, 0.29) is 5.78 Å². The van der Waals surface area contributed by atoms with Gasteiger partial charge in [0.05, 0.1) is 5.41 Å². The molecule has 0 fully saturated rings. The Morgan fingerprint density at radius 3 is 0.875 bits per heavy atom. The van der Waals surface area contributed by atoms with Gasteiger partial charge in [0.15, 0.2) is 0 Å². The molecule has 11 heteroatoms. The van der Waals surface area contributed by atoms with Crippen LogP contribution in [0.5, 0.6) is 0 Å². The van der Waals surface area contributed by atoms with E-state index in [0.29, 0.717) is 5.41 Å². The number of alkyl halides is 3. The first kappa shape index (κ1) is 49.1. The lowest BCUT2D eigenvalue weighted by Gasteiger charge is -2.21. The van der Waals surface area contributed by atoms with Crippen LogP contribution < -0.4 is 0 Å². The molecular weight excluding hydrogens is 485 g/mol. The predicted octanol–water partition coefficient (Wildman–Crippen LogP) is 6.14. The zero-order valence-electron chi connectivity index (χ0n) is 23.4. The minimum Gasteiger partial charge on any atom is -0.388 e. The highest BCUT2D eigenvalue weighted by Gasteiger charge is 2.42. The standard InChI is InChI=1S/C5H9F3.C5H12.C3H6O.C2H6O2S.C2H6OS.C2H6O.C2H6S/c1-4(2,3)5(6,7)8;1-5(2,3)4;1-3(2)4;1-5(2,3)4;1-4(2)3;2*1-3-2/h1-3H3;1-4H3;1-2H3;1-2H3;1-2H3;2*1-2H3. The highest BCUT2D eigenvalue weighted by Crippen LogP contribution is 2.36. The predicted molar refractivity (Wildman–Crippen MR) is 140 cm³/mol. The number of hydrogen-bond acceptors (Lipinski definition) is 6. The molecule has 0 radical (unpaired) electrons. The van der Waals surface area contributed by atoms with E-state index < -0.39 is 32.2 Å². The van der Waals surface area contributed by atoms with E-state index in [1.165, 1.54) is 13.8 Å². The molecule has 0 aliphatic rings. The summed E-state index contributed by atoms with van der Waals surface area (Å²) in [6.45, 7) is 15.2. The van der Waals surface area contributed by atoms with Crippen molar-refractivity contribution in [2.45, 2.75) is 68.5 Å². The van der Waals surface area contributed by atoms with Crippen molar-refractivity contribution in [2.75, 3.05) is 51.8 Å². The topological polar surface area (TPSA) is 77.5 Å². The second kappa shape index (κ2) is 27.1. The summed E-state index contributed by atoms with van der Waals surface area (Å²) in [6.07, 6.45) is 5.62. The Morgan fingerprint density at radius 2 is 0.875 bits per heavy atom. The molecule has 0 atom stereocenters. The van der Waals surface area contributed by atoms with Crippen LogP contribution in [0.1, 0.15) is 62.3 Å². The average Bonchev–Trinajstić information content (AvgIpc) is 2.31. The van der Waals surface area contributed by atoms with Gasteiger partial charge in [-0.3, -0.25) is 4.21 Å². The number of methoxy groups -OCH3 is 1. The normalized spacial score (nSPS) is 10.3. The number of rotatable bonds is 0. The number of thioether (sulfide) groups is 1. The van der Waals surface area contributed by atoms with Crippen LogP contribution in [0.4, 0.5) is 13.2 Å². The van der Waals surface area contributed by atoms with E-state index in [1.54, 1.807) is 38.5 Å². The van der Waals surface area contributed by atoms with E-state index in [0.717, 1.165) is 33.3 Å². The van der Waals surface area contributed by atoms with Crippen molar-refractivity contribution in [3.8, 4) is 0 Å². The van der Waals surface area contributed by atoms with E-state index in [2.05, 4.69) is 32.4 Å². The summed E-state index contributed by atoms with van der Waals surface area (Å²) < 4.78 is 67.8. The van der Waals surface area contributed by atoms with E-state index >= 15 is 0 Å². The fourth-order valence-electron chi connectivity index (χ4n) is 0. The van der Waals surface area contributed by atoms with Gasteiger partial charge >= 0.3 is 6.18 Å². The zero-order chi connectivity index (χ0) is 28.6. The van der Waals surface area contributed by atoms with Crippen molar-refractivity contribution in [1.82, 2.24) is 0 Å². The molecule has 0 bridgehead atoms. The molecular formula is C21H51F3O5S3. The van der Waals surface area contributed by atoms with E-state index in [9.17, 15) is 30.6 Å². The Balaban J connectivity index is -0.0000000470. The maximum atomic E-state index is 11.6. The Bertz CT molecular complexity index is 458. The summed E-state index contributed by atoms with van der Waals surface area (Å²) in [5.41, 5.74) is -1.06. The van der Waals surface area contributed by atoms with Gasteiger partial charge < -0.3 is 9.53 Å². The van der Waals surface area contributed by atoms with Crippen LogP contribution in [0, 0.1) is 10.8 Å². The summed E-state index contributed by atoms with van der Waals surface area (Å²) in [4.78, 5) is 9.44. The molecule has 0 unspecified atom stereocenters. The molecule has 0 N–H and O–H groups in total. The third-order valence-electron chi connectivity index (χ3n) is 0.850. The van der Waals surface area contributed by atoms with Crippen LogP contribution in [0.25, 0.3) is 0 Å². The van der Waals surface area contributed by atoms with Gasteiger partial charge in [-0.15, -0.1) is 0 Å². The molecule has 0 aromatic rings. The molecule has 0 saturated carbocycles. The zero-order valence-corrected chi connectivity index (χ0v) is 25.8. The molecule has 32 heavy (non-hydrogen) atoms. The van der Waals surface area contributed by atoms with E-state index in [1.807, 2.05) is 12.5 Å². The first-order chi connectivity index (χ1) is 13.5. The fourth-order valence-corrected chi connectivity index (χ4v) is 0. The lowest BCUT2D eigenvalue weighted by molar-refractivity contribution is -0.204. The van der Waals surface area contributed by atoms with Gasteiger partial charge in [-0.1, -0.05) is 48.5 Å². The smallest absolute Gasteiger partial charge is 0.388 e. The molecule has 0 aromatic heterocycles. The number of hydrogen-bond donors (Lipinski definition) is 0. The number of halogens is 3. The second-order valence-electron chi connectivity index (χ2n) is 9.36. The maximum Gasteiger partial charge on any atom is 0.393 e. The Morgan fingerprint density at radius 1 is 0.844 bits per heavy atom. The van der Waals surface area contributed by atoms with Crippen LogP contribution in [-0.4, -0.2) is 76.3 Å². The number of carbonyl (C=O) groups is 1. The van der Waals surface area contributed by atoms with Gasteiger partial charge in [-0.25, -0.2) is 8.42 Å². The maximum absolute atomic E-state index is 11.6. The minimum absolute atomic E-state index is 0.167. The second-order valence-corrected chi connectivity index (χ2v) is 13.9. The molecule has 0 rings (SSSR count). The van der Waals surface area contributed by atoms with Gasteiger partial charge in [0.1, 0.15) is 15.6 Å². The third-order valence-corrected chi connectivity index (χ3v) is 0.850. The van der Waals surface area contributed by atoms with Gasteiger partial charge in [-0.05, 0) is 31.8 Å². The van der Waals surface area contributed by atoms with Crippen LogP contribution >= 0.6 is 11.8 Å². The number of ether oxygens (including phenoxy) is 1. The molecule has 5 nitrogen and oxygen atoms in total. The molecule has 0 amide bonds. The van der Waals surface area contributed by atoms with Crippen molar-refractivity contribution in [3.63, 3.8) is 0 Å². The van der Waals surface area contributed by atoms with Crippen molar-refractivity contribution in [3.05, 3.63) is 0 Å². The quantitative estimate of drug-likeness (QED) is 0.370. The lowest BCUT2D eigenvalue weighted by Crippen LogP contribution is -2.28. The number of Topliss-reactive ketones (excluding diaryl/α,β-unsaturated/α-hetero) is 1. The van der Waals surface area contributed by atoms with Crippen molar-refractivity contribution in [1.29, 1.82) is 0 Å². The van der Waals surface area contributed by atoms with Gasteiger partial charge in [0, 0.05) is 50.0 Å². The molecule has 204 valence electrons. The summed E-state index contributed by atoms with van der Waals surface area (Å²) >= 11 is 1.75. The van der Waals surface area contributed by atoms with Gasteiger partial charge in [0.25, 0.3) is 0 Å².